The maximum absolute atomic E-state index is 12.1. The molecule has 0 saturated heterocycles. The lowest BCUT2D eigenvalue weighted by atomic mass is 10.0. The van der Waals surface area contributed by atoms with E-state index in [0.29, 0.717) is 0 Å². The van der Waals surface area contributed by atoms with Crippen LogP contribution in [0.15, 0.2) is 61.3 Å². The second-order valence-corrected chi connectivity index (χ2v) is 6.41. The van der Waals surface area contributed by atoms with Crippen LogP contribution in [-0.4, -0.2) is 19.9 Å². The van der Waals surface area contributed by atoms with Crippen molar-refractivity contribution in [2.75, 3.05) is 0 Å². The Morgan fingerprint density at radius 2 is 1.70 bits per heavy atom. The largest absolute Gasteiger partial charge is 0.287 e. The topological polar surface area (TPSA) is 63.6 Å². The number of ketones is 1. The van der Waals surface area contributed by atoms with E-state index in [9.17, 15) is 13.2 Å². The molecule has 0 unspecified atom stereocenters. The summed E-state index contributed by atoms with van der Waals surface area (Å²) in [5, 5.41) is -0.290. The van der Waals surface area contributed by atoms with E-state index >= 15 is 0 Å². The van der Waals surface area contributed by atoms with E-state index in [1.807, 2.05) is 0 Å². The fraction of sp³-hybridized carbons (Fsp3) is 0.0769. The normalized spacial score (nSPS) is 18.4. The van der Waals surface area contributed by atoms with Crippen molar-refractivity contribution in [3.63, 3.8) is 0 Å². The minimum absolute atomic E-state index is 0.0536. The summed E-state index contributed by atoms with van der Waals surface area (Å²) in [5.74, 6) is -0.540. The quantitative estimate of drug-likeness (QED) is 0.783. The van der Waals surface area contributed by atoms with Gasteiger partial charge in [-0.15, -0.1) is 0 Å². The van der Waals surface area contributed by atoms with Crippen LogP contribution in [0.1, 0.15) is 6.92 Å². The van der Waals surface area contributed by atoms with Crippen LogP contribution in [-0.2, 0) is 14.8 Å². The fourth-order valence-corrected chi connectivity index (χ4v) is 3.05. The minimum atomic E-state index is -3.88. The monoisotopic (exact) mass is 329 g/mol. The van der Waals surface area contributed by atoms with Crippen molar-refractivity contribution in [3.8, 4) is 0 Å². The molecule has 1 aliphatic rings. The molecule has 7 heteroatoms. The van der Waals surface area contributed by atoms with E-state index in [1.165, 1.54) is 25.1 Å². The summed E-state index contributed by atoms with van der Waals surface area (Å²) in [6.45, 7) is 1.51. The molecule has 2 rings (SSSR count). The van der Waals surface area contributed by atoms with Crippen molar-refractivity contribution in [1.82, 2.24) is 0 Å². The molecule has 4 nitrogen and oxygen atoms in total. The summed E-state index contributed by atoms with van der Waals surface area (Å²) in [4.78, 5) is 11.6. The van der Waals surface area contributed by atoms with Crippen molar-refractivity contribution in [2.45, 2.75) is 11.8 Å². The van der Waals surface area contributed by atoms with Crippen LogP contribution >= 0.6 is 23.2 Å². The SMILES string of the molecule is CC1=C(Cl)C(=O)C(Cl)=C/C1=N\S(=O)(=O)c1ccccc1. The lowest BCUT2D eigenvalue weighted by molar-refractivity contribution is -0.111. The van der Waals surface area contributed by atoms with E-state index in [4.69, 9.17) is 23.2 Å². The zero-order valence-electron chi connectivity index (χ0n) is 10.3. The summed E-state index contributed by atoms with van der Waals surface area (Å²) < 4.78 is 27.9. The molecule has 0 bridgehead atoms. The first-order valence-corrected chi connectivity index (χ1v) is 7.71. The summed E-state index contributed by atoms with van der Waals surface area (Å²) >= 11 is 11.5. The molecule has 104 valence electrons. The molecule has 0 aliphatic heterocycles. The summed E-state index contributed by atoms with van der Waals surface area (Å²) in [7, 11) is -3.88. The van der Waals surface area contributed by atoms with Gasteiger partial charge in [0.25, 0.3) is 10.0 Å². The Morgan fingerprint density at radius 1 is 1.10 bits per heavy atom. The first kappa shape index (κ1) is 15.0. The maximum Gasteiger partial charge on any atom is 0.282 e. The van der Waals surface area contributed by atoms with Crippen LogP contribution in [0.5, 0.6) is 0 Å². The standard InChI is InChI=1S/C13H9Cl2NO3S/c1-8-11(7-10(14)13(17)12(8)15)16-20(18,19)9-5-3-2-4-6-9/h2-7H,1H3/b16-11+. The molecule has 1 aromatic rings. The predicted molar refractivity (Wildman–Crippen MR) is 78.6 cm³/mol. The highest BCUT2D eigenvalue weighted by Gasteiger charge is 2.24. The van der Waals surface area contributed by atoms with Crippen molar-refractivity contribution in [2.24, 2.45) is 4.40 Å². The molecule has 0 N–H and O–H groups in total. The van der Waals surface area contributed by atoms with E-state index in [0.717, 1.165) is 0 Å². The third kappa shape index (κ3) is 2.85. The summed E-state index contributed by atoms with van der Waals surface area (Å²) in [5.41, 5.74) is 0.337. The second-order valence-electron chi connectivity index (χ2n) is 4.03. The zero-order chi connectivity index (χ0) is 14.9. The van der Waals surface area contributed by atoms with Crippen LogP contribution in [0.4, 0.5) is 0 Å². The molecule has 0 aromatic heterocycles. The predicted octanol–water partition coefficient (Wildman–Crippen LogP) is 3.03. The first-order chi connectivity index (χ1) is 9.33. The van der Waals surface area contributed by atoms with Gasteiger partial charge in [-0.3, -0.25) is 4.79 Å². The Morgan fingerprint density at radius 3 is 2.30 bits per heavy atom. The first-order valence-electron chi connectivity index (χ1n) is 5.51. The average Bonchev–Trinajstić information content (AvgIpc) is 2.43. The van der Waals surface area contributed by atoms with Gasteiger partial charge in [0, 0.05) is 0 Å². The third-order valence-electron chi connectivity index (χ3n) is 2.65. The van der Waals surface area contributed by atoms with Gasteiger partial charge in [-0.05, 0) is 30.7 Å². The molecule has 20 heavy (non-hydrogen) atoms. The molecule has 0 atom stereocenters. The van der Waals surface area contributed by atoms with Gasteiger partial charge < -0.3 is 0 Å². The highest BCUT2D eigenvalue weighted by molar-refractivity contribution is 7.90. The summed E-state index contributed by atoms with van der Waals surface area (Å²) in [6, 6.07) is 7.74. The van der Waals surface area contributed by atoms with Crippen molar-refractivity contribution in [3.05, 3.63) is 52.0 Å². The Bertz CT molecular complexity index is 762. The molecule has 0 amide bonds. The molecular formula is C13H9Cl2NO3S. The Kier molecular flexibility index (Phi) is 4.13. The van der Waals surface area contributed by atoms with Gasteiger partial charge in [0.05, 0.1) is 20.7 Å². The molecule has 0 saturated carbocycles. The highest BCUT2D eigenvalue weighted by atomic mass is 35.5. The number of allylic oxidation sites excluding steroid dienone is 4. The van der Waals surface area contributed by atoms with Crippen LogP contribution in [0.3, 0.4) is 0 Å². The van der Waals surface area contributed by atoms with Gasteiger partial charge >= 0.3 is 0 Å². The average molecular weight is 330 g/mol. The molecule has 1 aromatic carbocycles. The number of rotatable bonds is 2. The molecule has 0 radical (unpaired) electrons. The van der Waals surface area contributed by atoms with Crippen LogP contribution in [0.2, 0.25) is 0 Å². The maximum atomic E-state index is 12.1. The lowest BCUT2D eigenvalue weighted by Crippen LogP contribution is -2.14. The van der Waals surface area contributed by atoms with Gasteiger partial charge in [-0.2, -0.15) is 12.8 Å². The number of Topliss-reactive ketones (excluding diaryl/α,β-unsaturated/α-hetero) is 1. The number of carbonyl (C=O) groups excluding carboxylic acids is 1. The number of sulfonamides is 1. The number of halogens is 2. The molecule has 0 spiro atoms. The van der Waals surface area contributed by atoms with Crippen molar-refractivity contribution < 1.29 is 13.2 Å². The number of hydrogen-bond acceptors (Lipinski definition) is 3. The van der Waals surface area contributed by atoms with E-state index < -0.39 is 15.8 Å². The number of carbonyl (C=O) groups is 1. The molecule has 1 aliphatic carbocycles. The highest BCUT2D eigenvalue weighted by Crippen LogP contribution is 2.26. The summed E-state index contributed by atoms with van der Waals surface area (Å²) in [6.07, 6.45) is 1.20. The number of hydrogen-bond donors (Lipinski definition) is 0. The Labute approximate surface area is 126 Å². The third-order valence-corrected chi connectivity index (χ3v) is 4.69. The van der Waals surface area contributed by atoms with Gasteiger partial charge in [-0.25, -0.2) is 0 Å². The van der Waals surface area contributed by atoms with Gasteiger partial charge in [0.2, 0.25) is 5.78 Å². The van der Waals surface area contributed by atoms with Crippen LogP contribution in [0.25, 0.3) is 0 Å². The number of benzene rings is 1. The number of nitrogens with zero attached hydrogens (tertiary/aromatic N) is 1. The van der Waals surface area contributed by atoms with Crippen LogP contribution < -0.4 is 0 Å². The Balaban J connectivity index is 2.54. The van der Waals surface area contributed by atoms with Crippen molar-refractivity contribution in [1.29, 1.82) is 0 Å². The van der Waals surface area contributed by atoms with Gasteiger partial charge in [0.1, 0.15) is 0 Å². The van der Waals surface area contributed by atoms with Gasteiger partial charge in [-0.1, -0.05) is 41.4 Å². The molecule has 0 fully saturated rings. The fourth-order valence-electron chi connectivity index (χ4n) is 1.55. The molecule has 0 heterocycles. The molecular weight excluding hydrogens is 321 g/mol. The van der Waals surface area contributed by atoms with E-state index in [1.54, 1.807) is 18.2 Å². The van der Waals surface area contributed by atoms with Crippen LogP contribution in [0, 0.1) is 0 Å². The zero-order valence-corrected chi connectivity index (χ0v) is 12.6. The van der Waals surface area contributed by atoms with E-state index in [2.05, 4.69) is 4.40 Å². The smallest absolute Gasteiger partial charge is 0.282 e. The van der Waals surface area contributed by atoms with Gasteiger partial charge in [0.15, 0.2) is 0 Å². The second kappa shape index (κ2) is 5.52. The minimum Gasteiger partial charge on any atom is -0.287 e. The van der Waals surface area contributed by atoms with E-state index in [-0.39, 0.29) is 26.2 Å². The van der Waals surface area contributed by atoms with Crippen molar-refractivity contribution >= 4 is 44.7 Å². The Hall–Kier alpha value is -1.43. The lowest BCUT2D eigenvalue weighted by Gasteiger charge is -2.11.